The summed E-state index contributed by atoms with van der Waals surface area (Å²) in [5.41, 5.74) is -0.701. The van der Waals surface area contributed by atoms with Crippen LogP contribution in [0.3, 0.4) is 0 Å². The van der Waals surface area contributed by atoms with Crippen molar-refractivity contribution in [3.8, 4) is 6.07 Å². The van der Waals surface area contributed by atoms with E-state index in [1.54, 1.807) is 11.0 Å². The van der Waals surface area contributed by atoms with Crippen LogP contribution in [0.4, 0.5) is 9.18 Å². The monoisotopic (exact) mass is 359 g/mol. The molecular weight excluding hydrogens is 337 g/mol. The first-order valence-corrected chi connectivity index (χ1v) is 8.81. The Labute approximate surface area is 152 Å². The number of hydrogen-bond donors (Lipinski definition) is 0. The maximum absolute atomic E-state index is 13.8. The second kappa shape index (κ2) is 6.67. The van der Waals surface area contributed by atoms with Crippen molar-refractivity contribution in [2.75, 3.05) is 0 Å². The highest BCUT2D eigenvalue weighted by Gasteiger charge is 2.46. The average molecular weight is 359 g/mol. The van der Waals surface area contributed by atoms with Crippen LogP contribution in [0.5, 0.6) is 0 Å². The fourth-order valence-electron chi connectivity index (χ4n) is 3.89. The van der Waals surface area contributed by atoms with Crippen molar-refractivity contribution < 1.29 is 18.7 Å². The molecule has 2 unspecified atom stereocenters. The molecule has 1 amide bonds. The highest BCUT2D eigenvalue weighted by molar-refractivity contribution is 5.98. The molecule has 2 fully saturated rings. The minimum atomic E-state index is -0.785. The van der Waals surface area contributed by atoms with Gasteiger partial charge in [-0.3, -0.25) is 4.79 Å². The molecule has 6 nitrogen and oxygen atoms in total. The number of aromatic nitrogens is 1. The molecule has 0 N–H and O–H groups in total. The minimum Gasteiger partial charge on any atom is -0.444 e. The Kier molecular flexibility index (Phi) is 4.70. The number of nitrogens with zero attached hydrogens (tertiary/aromatic N) is 3. The third kappa shape index (κ3) is 3.55. The molecule has 3 heterocycles. The summed E-state index contributed by atoms with van der Waals surface area (Å²) < 4.78 is 19.3. The van der Waals surface area contributed by atoms with Gasteiger partial charge in [0.1, 0.15) is 11.7 Å². The number of rotatable bonds is 2. The van der Waals surface area contributed by atoms with Crippen molar-refractivity contribution in [2.24, 2.45) is 5.92 Å². The quantitative estimate of drug-likeness (QED) is 0.755. The van der Waals surface area contributed by atoms with Crippen LogP contribution in [0, 0.1) is 23.1 Å². The standard InChI is InChI=1S/C19H22FN3O3/c1-19(2,3)26-18(25)23-13-4-5-14(23)7-11(6-13)17(24)12-8-15(20)16(9-21)22-10-12/h8,10-11,13-14H,4-7H2,1-3H3. The molecule has 2 saturated heterocycles. The van der Waals surface area contributed by atoms with Crippen LogP contribution < -0.4 is 0 Å². The number of hydrogen-bond acceptors (Lipinski definition) is 5. The lowest BCUT2D eigenvalue weighted by Gasteiger charge is -2.39. The summed E-state index contributed by atoms with van der Waals surface area (Å²) in [5.74, 6) is -1.24. The van der Waals surface area contributed by atoms with Crippen LogP contribution in [0.25, 0.3) is 0 Å². The van der Waals surface area contributed by atoms with E-state index in [1.807, 2.05) is 20.8 Å². The molecule has 2 bridgehead atoms. The molecule has 0 aliphatic carbocycles. The Morgan fingerprint density at radius 2 is 1.92 bits per heavy atom. The van der Waals surface area contributed by atoms with Gasteiger partial charge >= 0.3 is 6.09 Å². The van der Waals surface area contributed by atoms with E-state index in [1.165, 1.54) is 6.20 Å². The number of pyridine rings is 1. The van der Waals surface area contributed by atoms with E-state index in [4.69, 9.17) is 10.00 Å². The van der Waals surface area contributed by atoms with Crippen LogP contribution in [0.2, 0.25) is 0 Å². The lowest BCUT2D eigenvalue weighted by atomic mass is 9.85. The summed E-state index contributed by atoms with van der Waals surface area (Å²) in [4.78, 5) is 30.7. The maximum Gasteiger partial charge on any atom is 0.410 e. The Hall–Kier alpha value is -2.49. The van der Waals surface area contributed by atoms with Crippen molar-refractivity contribution in [1.29, 1.82) is 5.26 Å². The molecular formula is C19H22FN3O3. The van der Waals surface area contributed by atoms with Gasteiger partial charge in [0, 0.05) is 29.8 Å². The summed E-state index contributed by atoms with van der Waals surface area (Å²) in [6.07, 6.45) is 3.68. The van der Waals surface area contributed by atoms with Gasteiger partial charge in [-0.25, -0.2) is 14.2 Å². The molecule has 2 atom stereocenters. The van der Waals surface area contributed by atoms with Crippen LogP contribution in [0.1, 0.15) is 62.5 Å². The van der Waals surface area contributed by atoms with E-state index in [-0.39, 0.29) is 41.1 Å². The van der Waals surface area contributed by atoms with Crippen molar-refractivity contribution in [3.05, 3.63) is 29.3 Å². The molecule has 0 spiro atoms. The van der Waals surface area contributed by atoms with E-state index in [0.29, 0.717) is 12.8 Å². The van der Waals surface area contributed by atoms with E-state index < -0.39 is 11.4 Å². The summed E-state index contributed by atoms with van der Waals surface area (Å²) in [6, 6.07) is 2.66. The van der Waals surface area contributed by atoms with Gasteiger partial charge in [-0.15, -0.1) is 0 Å². The summed E-state index contributed by atoms with van der Waals surface area (Å²) in [7, 11) is 0. The van der Waals surface area contributed by atoms with E-state index in [0.717, 1.165) is 18.9 Å². The van der Waals surface area contributed by atoms with Crippen molar-refractivity contribution >= 4 is 11.9 Å². The predicted octanol–water partition coefficient (Wildman–Crippen LogP) is 3.45. The van der Waals surface area contributed by atoms with Gasteiger partial charge in [0.05, 0.1) is 0 Å². The summed E-state index contributed by atoms with van der Waals surface area (Å²) in [5, 5.41) is 8.75. The fraction of sp³-hybridized carbons (Fsp3) is 0.579. The maximum atomic E-state index is 13.8. The second-order valence-corrected chi connectivity index (χ2v) is 7.97. The van der Waals surface area contributed by atoms with Gasteiger partial charge in [0.2, 0.25) is 0 Å². The zero-order valence-electron chi connectivity index (χ0n) is 15.2. The molecule has 1 aromatic rings. The molecule has 1 aromatic heterocycles. The number of halogens is 1. The lowest BCUT2D eigenvalue weighted by Crippen LogP contribution is -2.49. The highest BCUT2D eigenvalue weighted by atomic mass is 19.1. The van der Waals surface area contributed by atoms with Crippen molar-refractivity contribution in [1.82, 2.24) is 9.88 Å². The zero-order chi connectivity index (χ0) is 19.1. The molecule has 0 aromatic carbocycles. The van der Waals surface area contributed by atoms with Crippen LogP contribution in [0.15, 0.2) is 12.3 Å². The summed E-state index contributed by atoms with van der Waals surface area (Å²) >= 11 is 0. The Morgan fingerprint density at radius 3 is 2.42 bits per heavy atom. The van der Waals surface area contributed by atoms with Crippen LogP contribution in [-0.2, 0) is 4.74 Å². The average Bonchev–Trinajstić information content (AvgIpc) is 2.83. The lowest BCUT2D eigenvalue weighted by molar-refractivity contribution is 0.00254. The SMILES string of the molecule is CC(C)(C)OC(=O)N1C2CCC1CC(C(=O)c1cnc(C#N)c(F)c1)C2. The molecule has 0 radical (unpaired) electrons. The number of ether oxygens (including phenoxy) is 1. The van der Waals surface area contributed by atoms with Crippen molar-refractivity contribution in [2.45, 2.75) is 64.1 Å². The topological polar surface area (TPSA) is 83.3 Å². The van der Waals surface area contributed by atoms with Crippen molar-refractivity contribution in [3.63, 3.8) is 0 Å². The minimum absolute atomic E-state index is 0.0336. The largest absolute Gasteiger partial charge is 0.444 e. The molecule has 0 saturated carbocycles. The molecule has 2 aliphatic rings. The van der Waals surface area contributed by atoms with E-state index >= 15 is 0 Å². The Balaban J connectivity index is 1.72. The van der Waals surface area contributed by atoms with Gasteiger partial charge in [-0.05, 0) is 52.5 Å². The molecule has 7 heteroatoms. The van der Waals surface area contributed by atoms with Gasteiger partial charge in [-0.2, -0.15) is 5.26 Å². The highest BCUT2D eigenvalue weighted by Crippen LogP contribution is 2.40. The third-order valence-electron chi connectivity index (χ3n) is 4.94. The number of ketones is 1. The number of nitriles is 1. The smallest absolute Gasteiger partial charge is 0.410 e. The molecule has 138 valence electrons. The Bertz CT molecular complexity index is 767. The third-order valence-corrected chi connectivity index (χ3v) is 4.94. The zero-order valence-corrected chi connectivity index (χ0v) is 15.2. The molecule has 3 rings (SSSR count). The van der Waals surface area contributed by atoms with Gasteiger partial charge in [-0.1, -0.05) is 0 Å². The first-order valence-electron chi connectivity index (χ1n) is 8.81. The second-order valence-electron chi connectivity index (χ2n) is 7.97. The Morgan fingerprint density at radius 1 is 1.31 bits per heavy atom. The number of carbonyl (C=O) groups is 2. The van der Waals surface area contributed by atoms with E-state index in [9.17, 15) is 14.0 Å². The predicted molar refractivity (Wildman–Crippen MR) is 90.8 cm³/mol. The van der Waals surface area contributed by atoms with Gasteiger partial charge < -0.3 is 9.64 Å². The van der Waals surface area contributed by atoms with E-state index in [2.05, 4.69) is 4.98 Å². The number of amides is 1. The number of piperidine rings is 1. The number of carbonyl (C=O) groups excluding carboxylic acids is 2. The van der Waals surface area contributed by atoms with Gasteiger partial charge in [0.25, 0.3) is 0 Å². The fourth-order valence-corrected chi connectivity index (χ4v) is 3.89. The number of fused-ring (bicyclic) bond motifs is 2. The molecule has 2 aliphatic heterocycles. The first-order chi connectivity index (χ1) is 12.2. The first kappa shape index (κ1) is 18.3. The molecule has 26 heavy (non-hydrogen) atoms. The normalized spacial score (nSPS) is 24.9. The summed E-state index contributed by atoms with van der Waals surface area (Å²) in [6.45, 7) is 5.49. The van der Waals surface area contributed by atoms with Gasteiger partial charge in [0.15, 0.2) is 17.3 Å². The van der Waals surface area contributed by atoms with Crippen LogP contribution >= 0.6 is 0 Å². The van der Waals surface area contributed by atoms with Crippen LogP contribution in [-0.4, -0.2) is 39.4 Å². The number of Topliss-reactive ketones (excluding diaryl/α,β-unsaturated/α-hetero) is 1.